The molecule has 0 amide bonds. The van der Waals surface area contributed by atoms with E-state index in [1.54, 1.807) is 23.1 Å². The molecule has 11 heavy (non-hydrogen) atoms. The van der Waals surface area contributed by atoms with Crippen molar-refractivity contribution in [3.8, 4) is 11.8 Å². The quantitative estimate of drug-likeness (QED) is 0.530. The molecule has 0 spiro atoms. The molecule has 0 aliphatic rings. The molecule has 0 saturated carbocycles. The number of nitrogens with two attached hydrogens (primary N) is 1. The summed E-state index contributed by atoms with van der Waals surface area (Å²) in [4.78, 5) is 0. The Balaban J connectivity index is 2.72. The monoisotopic (exact) mass is 183 g/mol. The summed E-state index contributed by atoms with van der Waals surface area (Å²) in [5, 5.41) is 2.05. The minimum atomic E-state index is 0.435. The van der Waals surface area contributed by atoms with Crippen molar-refractivity contribution in [2.75, 3.05) is 12.8 Å². The zero-order valence-corrected chi connectivity index (χ0v) is 7.89. The van der Waals surface area contributed by atoms with Crippen LogP contribution in [0.5, 0.6) is 0 Å². The largest absolute Gasteiger partial charge is 0.320 e. The molecule has 3 heteroatoms. The Morgan fingerprint density at radius 3 is 3.09 bits per heavy atom. The van der Waals surface area contributed by atoms with E-state index in [1.165, 1.54) is 4.21 Å². The number of rotatable bonds is 1. The fourth-order valence-corrected chi connectivity index (χ4v) is 1.98. The first-order valence-electron chi connectivity index (χ1n) is 3.18. The Morgan fingerprint density at radius 1 is 1.73 bits per heavy atom. The molecule has 1 rings (SSSR count). The predicted molar refractivity (Wildman–Crippen MR) is 52.0 cm³/mol. The van der Waals surface area contributed by atoms with Crippen molar-refractivity contribution in [2.24, 2.45) is 5.73 Å². The minimum absolute atomic E-state index is 0.435. The van der Waals surface area contributed by atoms with Crippen LogP contribution in [0.3, 0.4) is 0 Å². The van der Waals surface area contributed by atoms with Crippen LogP contribution in [0.25, 0.3) is 0 Å². The normalized spacial score (nSPS) is 8.91. The fraction of sp³-hybridized carbons (Fsp3) is 0.250. The van der Waals surface area contributed by atoms with Crippen LogP contribution in [0.15, 0.2) is 15.7 Å². The number of thioether (sulfide) groups is 1. The summed E-state index contributed by atoms with van der Waals surface area (Å²) in [5.74, 6) is 5.80. The van der Waals surface area contributed by atoms with Gasteiger partial charge in [0.1, 0.15) is 0 Å². The van der Waals surface area contributed by atoms with Gasteiger partial charge in [-0.25, -0.2) is 0 Å². The maximum Gasteiger partial charge on any atom is 0.0608 e. The van der Waals surface area contributed by atoms with E-state index in [2.05, 4.69) is 29.5 Å². The molecule has 0 radical (unpaired) electrons. The van der Waals surface area contributed by atoms with Crippen molar-refractivity contribution >= 4 is 23.1 Å². The molecule has 0 bridgehead atoms. The van der Waals surface area contributed by atoms with Crippen molar-refractivity contribution in [1.29, 1.82) is 0 Å². The van der Waals surface area contributed by atoms with Crippen LogP contribution in [0.4, 0.5) is 0 Å². The molecule has 2 N–H and O–H groups in total. The molecule has 1 aromatic rings. The summed E-state index contributed by atoms with van der Waals surface area (Å²) >= 11 is 3.46. The lowest BCUT2D eigenvalue weighted by molar-refractivity contribution is 1.30. The van der Waals surface area contributed by atoms with Crippen LogP contribution in [-0.2, 0) is 0 Å². The molecular formula is C8H9NS2. The SMILES string of the molecule is CSc1cc(C#CCN)cs1. The molecule has 0 fully saturated rings. The fourth-order valence-electron chi connectivity index (χ4n) is 0.642. The topological polar surface area (TPSA) is 26.0 Å². The van der Waals surface area contributed by atoms with Crippen LogP contribution in [0.1, 0.15) is 5.56 Å². The number of hydrogen-bond acceptors (Lipinski definition) is 3. The van der Waals surface area contributed by atoms with E-state index in [9.17, 15) is 0 Å². The first-order chi connectivity index (χ1) is 5.36. The summed E-state index contributed by atoms with van der Waals surface area (Å²) in [6.45, 7) is 0.435. The van der Waals surface area contributed by atoms with Gasteiger partial charge in [-0.15, -0.1) is 23.1 Å². The zero-order valence-electron chi connectivity index (χ0n) is 6.26. The Morgan fingerprint density at radius 2 is 2.55 bits per heavy atom. The van der Waals surface area contributed by atoms with E-state index >= 15 is 0 Å². The molecule has 0 aromatic carbocycles. The average Bonchev–Trinajstić information content (AvgIpc) is 2.48. The highest BCUT2D eigenvalue weighted by molar-refractivity contribution is 8.00. The summed E-state index contributed by atoms with van der Waals surface area (Å²) < 4.78 is 1.30. The maximum atomic E-state index is 5.24. The zero-order chi connectivity index (χ0) is 8.10. The summed E-state index contributed by atoms with van der Waals surface area (Å²) in [6.07, 6.45) is 2.06. The van der Waals surface area contributed by atoms with Gasteiger partial charge in [0.2, 0.25) is 0 Å². The molecule has 0 aliphatic heterocycles. The van der Waals surface area contributed by atoms with Crippen molar-refractivity contribution in [3.05, 3.63) is 17.0 Å². The third-order valence-electron chi connectivity index (χ3n) is 1.11. The Kier molecular flexibility index (Phi) is 3.50. The van der Waals surface area contributed by atoms with Gasteiger partial charge >= 0.3 is 0 Å². The Labute approximate surface area is 75.0 Å². The molecule has 58 valence electrons. The predicted octanol–water partition coefficient (Wildman–Crippen LogP) is 1.78. The van der Waals surface area contributed by atoms with Gasteiger partial charge in [-0.05, 0) is 12.3 Å². The van der Waals surface area contributed by atoms with E-state index in [0.29, 0.717) is 6.54 Å². The standard InChI is InChI=1S/C8H9NS2/c1-10-8-5-7(6-11-8)3-2-4-9/h5-6H,4,9H2,1H3. The molecule has 0 saturated heterocycles. The van der Waals surface area contributed by atoms with Crippen molar-refractivity contribution in [3.63, 3.8) is 0 Å². The summed E-state index contributed by atoms with van der Waals surface area (Å²) in [5.41, 5.74) is 6.31. The third kappa shape index (κ3) is 2.58. The van der Waals surface area contributed by atoms with Gasteiger partial charge in [0.25, 0.3) is 0 Å². The van der Waals surface area contributed by atoms with Crippen LogP contribution in [0.2, 0.25) is 0 Å². The second kappa shape index (κ2) is 4.45. The van der Waals surface area contributed by atoms with E-state index in [0.717, 1.165) is 5.56 Å². The van der Waals surface area contributed by atoms with Gasteiger partial charge < -0.3 is 5.73 Å². The molecular weight excluding hydrogens is 174 g/mol. The lowest BCUT2D eigenvalue weighted by atomic mass is 10.3. The van der Waals surface area contributed by atoms with Crippen LogP contribution in [-0.4, -0.2) is 12.8 Å². The van der Waals surface area contributed by atoms with Gasteiger partial charge in [-0.3, -0.25) is 0 Å². The minimum Gasteiger partial charge on any atom is -0.320 e. The molecule has 1 nitrogen and oxygen atoms in total. The highest BCUT2D eigenvalue weighted by atomic mass is 32.2. The average molecular weight is 183 g/mol. The Bertz CT molecular complexity index is 280. The molecule has 0 unspecified atom stereocenters. The smallest absolute Gasteiger partial charge is 0.0608 e. The van der Waals surface area contributed by atoms with Gasteiger partial charge in [-0.2, -0.15) is 0 Å². The summed E-state index contributed by atoms with van der Waals surface area (Å²) in [7, 11) is 0. The van der Waals surface area contributed by atoms with Gasteiger partial charge in [-0.1, -0.05) is 11.8 Å². The van der Waals surface area contributed by atoms with E-state index in [-0.39, 0.29) is 0 Å². The molecule has 1 aromatic heterocycles. The third-order valence-corrected chi connectivity index (χ3v) is 3.14. The Hall–Kier alpha value is -0.430. The lowest BCUT2D eigenvalue weighted by Gasteiger charge is -1.80. The van der Waals surface area contributed by atoms with Crippen LogP contribution in [0, 0.1) is 11.8 Å². The first-order valence-corrected chi connectivity index (χ1v) is 5.28. The van der Waals surface area contributed by atoms with E-state index < -0.39 is 0 Å². The molecule has 0 atom stereocenters. The number of hydrogen-bond donors (Lipinski definition) is 1. The molecule has 1 heterocycles. The first kappa shape index (κ1) is 8.66. The van der Waals surface area contributed by atoms with Crippen molar-refractivity contribution in [2.45, 2.75) is 4.21 Å². The van der Waals surface area contributed by atoms with E-state index in [4.69, 9.17) is 5.73 Å². The van der Waals surface area contributed by atoms with Crippen molar-refractivity contribution < 1.29 is 0 Å². The van der Waals surface area contributed by atoms with Crippen LogP contribution < -0.4 is 5.73 Å². The number of thiophene rings is 1. The highest BCUT2D eigenvalue weighted by Gasteiger charge is 1.93. The van der Waals surface area contributed by atoms with E-state index in [1.807, 2.05) is 0 Å². The van der Waals surface area contributed by atoms with Gasteiger partial charge in [0.15, 0.2) is 0 Å². The second-order valence-electron chi connectivity index (χ2n) is 1.86. The molecule has 0 aliphatic carbocycles. The van der Waals surface area contributed by atoms with Gasteiger partial charge in [0, 0.05) is 10.9 Å². The highest BCUT2D eigenvalue weighted by Crippen LogP contribution is 2.23. The lowest BCUT2D eigenvalue weighted by Crippen LogP contribution is -1.92. The van der Waals surface area contributed by atoms with Crippen LogP contribution >= 0.6 is 23.1 Å². The maximum absolute atomic E-state index is 5.24. The van der Waals surface area contributed by atoms with Gasteiger partial charge in [0.05, 0.1) is 10.8 Å². The summed E-state index contributed by atoms with van der Waals surface area (Å²) in [6, 6.07) is 2.08. The van der Waals surface area contributed by atoms with Crippen molar-refractivity contribution in [1.82, 2.24) is 0 Å². The second-order valence-corrected chi connectivity index (χ2v) is 3.88.